The van der Waals surface area contributed by atoms with E-state index in [0.717, 1.165) is 31.5 Å². The lowest BCUT2D eigenvalue weighted by Crippen LogP contribution is -2.29. The molecule has 1 aliphatic rings. The first-order valence-electron chi connectivity index (χ1n) is 8.81. The monoisotopic (exact) mass is 373 g/mol. The number of anilines is 1. The van der Waals surface area contributed by atoms with Crippen LogP contribution in [0.4, 0.5) is 5.69 Å². The van der Waals surface area contributed by atoms with E-state index in [4.69, 9.17) is 4.74 Å². The normalized spacial score (nSPS) is 14.6. The van der Waals surface area contributed by atoms with Crippen molar-refractivity contribution in [3.8, 4) is 5.75 Å². The van der Waals surface area contributed by atoms with Crippen LogP contribution in [0.5, 0.6) is 5.75 Å². The highest BCUT2D eigenvalue weighted by Crippen LogP contribution is 2.22. The minimum absolute atomic E-state index is 0.165. The number of hydrogen-bond acceptors (Lipinski definition) is 7. The molecule has 1 aliphatic heterocycles. The number of hydrogen-bond donors (Lipinski definition) is 2. The largest absolute Gasteiger partial charge is 0.482 e. The van der Waals surface area contributed by atoms with Crippen molar-refractivity contribution in [3.05, 3.63) is 35.7 Å². The van der Waals surface area contributed by atoms with Gasteiger partial charge < -0.3 is 20.1 Å². The Hall–Kier alpha value is -2.94. The number of esters is 1. The van der Waals surface area contributed by atoms with Crippen molar-refractivity contribution in [2.24, 2.45) is 0 Å². The first-order chi connectivity index (χ1) is 13.1. The van der Waals surface area contributed by atoms with Gasteiger partial charge in [-0.15, -0.1) is 5.10 Å². The van der Waals surface area contributed by atoms with E-state index in [1.54, 1.807) is 29.1 Å². The second kappa shape index (κ2) is 8.63. The molecule has 0 saturated carbocycles. The average molecular weight is 373 g/mol. The first-order valence-corrected chi connectivity index (χ1v) is 8.81. The van der Waals surface area contributed by atoms with Crippen LogP contribution in [0.2, 0.25) is 0 Å². The molecule has 9 nitrogen and oxygen atoms in total. The standard InChI is InChI=1S/C18H23N5O4/c1-12-9-14(27-11-17(24)26-2)3-4-15(12)20-18(25)16-10-23(22-21-16)13-5-7-19-8-6-13/h3-4,9-10,13,19H,5-8,11H2,1-2H3,(H,20,25). The Labute approximate surface area is 157 Å². The van der Waals surface area contributed by atoms with Gasteiger partial charge in [0.15, 0.2) is 12.3 Å². The van der Waals surface area contributed by atoms with Crippen molar-refractivity contribution in [1.29, 1.82) is 0 Å². The summed E-state index contributed by atoms with van der Waals surface area (Å²) in [6.07, 6.45) is 3.63. The van der Waals surface area contributed by atoms with E-state index >= 15 is 0 Å². The van der Waals surface area contributed by atoms with Gasteiger partial charge in [0.1, 0.15) is 5.75 Å². The molecule has 1 aromatic carbocycles. The van der Waals surface area contributed by atoms with Gasteiger partial charge in [0, 0.05) is 5.69 Å². The fraction of sp³-hybridized carbons (Fsp3) is 0.444. The Morgan fingerprint density at radius 2 is 2.11 bits per heavy atom. The lowest BCUT2D eigenvalue weighted by Gasteiger charge is -2.22. The van der Waals surface area contributed by atoms with Gasteiger partial charge in [-0.2, -0.15) is 0 Å². The van der Waals surface area contributed by atoms with E-state index in [-0.39, 0.29) is 24.2 Å². The van der Waals surface area contributed by atoms with E-state index in [1.807, 2.05) is 6.92 Å². The lowest BCUT2D eigenvalue weighted by molar-refractivity contribution is -0.142. The predicted octanol–water partition coefficient (Wildman–Crippen LogP) is 1.32. The summed E-state index contributed by atoms with van der Waals surface area (Å²) in [7, 11) is 1.30. The minimum atomic E-state index is -0.457. The van der Waals surface area contributed by atoms with Crippen LogP contribution in [0, 0.1) is 6.92 Å². The number of methoxy groups -OCH3 is 1. The molecular formula is C18H23N5O4. The number of aromatic nitrogens is 3. The molecule has 0 unspecified atom stereocenters. The molecule has 1 amide bonds. The molecule has 9 heteroatoms. The molecule has 144 valence electrons. The number of ether oxygens (including phenoxy) is 2. The number of aryl methyl sites for hydroxylation is 1. The van der Waals surface area contributed by atoms with Crippen molar-refractivity contribution in [1.82, 2.24) is 20.3 Å². The average Bonchev–Trinajstić information content (AvgIpc) is 3.19. The fourth-order valence-electron chi connectivity index (χ4n) is 2.88. The van der Waals surface area contributed by atoms with Gasteiger partial charge in [0.05, 0.1) is 19.3 Å². The molecule has 27 heavy (non-hydrogen) atoms. The van der Waals surface area contributed by atoms with Crippen LogP contribution < -0.4 is 15.4 Å². The second-order valence-electron chi connectivity index (χ2n) is 6.36. The lowest BCUT2D eigenvalue weighted by atomic mass is 10.1. The van der Waals surface area contributed by atoms with Gasteiger partial charge >= 0.3 is 5.97 Å². The van der Waals surface area contributed by atoms with Gasteiger partial charge in [-0.05, 0) is 56.6 Å². The number of carbonyl (C=O) groups is 2. The van der Waals surface area contributed by atoms with Crippen molar-refractivity contribution in [3.63, 3.8) is 0 Å². The highest BCUT2D eigenvalue weighted by atomic mass is 16.6. The van der Waals surface area contributed by atoms with Gasteiger partial charge in [0.25, 0.3) is 5.91 Å². The Morgan fingerprint density at radius 3 is 2.81 bits per heavy atom. The summed E-state index contributed by atoms with van der Waals surface area (Å²) < 4.78 is 11.6. The molecule has 0 aliphatic carbocycles. The number of benzene rings is 1. The van der Waals surface area contributed by atoms with Crippen LogP contribution in [0.25, 0.3) is 0 Å². The molecule has 0 spiro atoms. The summed E-state index contributed by atoms with van der Waals surface area (Å²) in [5.41, 5.74) is 1.72. The number of amides is 1. The molecular weight excluding hydrogens is 350 g/mol. The zero-order valence-corrected chi connectivity index (χ0v) is 15.4. The SMILES string of the molecule is COC(=O)COc1ccc(NC(=O)c2cn(C3CCNCC3)nn2)c(C)c1. The predicted molar refractivity (Wildman–Crippen MR) is 97.8 cm³/mol. The van der Waals surface area contributed by atoms with Gasteiger partial charge in [0.2, 0.25) is 0 Å². The van der Waals surface area contributed by atoms with Crippen LogP contribution in [-0.2, 0) is 9.53 Å². The summed E-state index contributed by atoms with van der Waals surface area (Å²) in [6, 6.07) is 5.41. The maximum Gasteiger partial charge on any atom is 0.343 e. The molecule has 0 atom stereocenters. The number of rotatable bonds is 6. The number of nitrogens with one attached hydrogen (secondary N) is 2. The number of piperidine rings is 1. The van der Waals surface area contributed by atoms with E-state index in [1.165, 1.54) is 7.11 Å². The fourth-order valence-corrected chi connectivity index (χ4v) is 2.88. The summed E-state index contributed by atoms with van der Waals surface area (Å²) in [6.45, 7) is 3.55. The molecule has 3 rings (SSSR count). The molecule has 2 N–H and O–H groups in total. The Morgan fingerprint density at radius 1 is 1.33 bits per heavy atom. The number of carbonyl (C=O) groups excluding carboxylic acids is 2. The zero-order chi connectivity index (χ0) is 19.2. The maximum atomic E-state index is 12.5. The van der Waals surface area contributed by atoms with Gasteiger partial charge in [-0.1, -0.05) is 5.21 Å². The Bertz CT molecular complexity index is 814. The second-order valence-corrected chi connectivity index (χ2v) is 6.36. The smallest absolute Gasteiger partial charge is 0.343 e. The molecule has 2 aromatic rings. The highest BCUT2D eigenvalue weighted by molar-refractivity contribution is 6.03. The van der Waals surface area contributed by atoms with Crippen LogP contribution >= 0.6 is 0 Å². The molecule has 0 radical (unpaired) electrons. The van der Waals surface area contributed by atoms with Crippen molar-refractivity contribution in [2.75, 3.05) is 32.1 Å². The minimum Gasteiger partial charge on any atom is -0.482 e. The summed E-state index contributed by atoms with van der Waals surface area (Å²) in [5, 5.41) is 14.2. The van der Waals surface area contributed by atoms with Crippen LogP contribution in [0.3, 0.4) is 0 Å². The molecule has 1 fully saturated rings. The quantitative estimate of drug-likeness (QED) is 0.735. The van der Waals surface area contributed by atoms with Crippen LogP contribution in [0.1, 0.15) is 34.9 Å². The zero-order valence-electron chi connectivity index (χ0n) is 15.4. The van der Waals surface area contributed by atoms with Crippen LogP contribution in [0.15, 0.2) is 24.4 Å². The van der Waals surface area contributed by atoms with Crippen molar-refractivity contribution < 1.29 is 19.1 Å². The number of nitrogens with zero attached hydrogens (tertiary/aromatic N) is 3. The molecule has 2 heterocycles. The topological polar surface area (TPSA) is 107 Å². The Kier molecular flexibility index (Phi) is 6.02. The maximum absolute atomic E-state index is 12.5. The third-order valence-electron chi connectivity index (χ3n) is 4.46. The van der Waals surface area contributed by atoms with Crippen LogP contribution in [-0.4, -0.2) is 53.7 Å². The first kappa shape index (κ1) is 18.8. The van der Waals surface area contributed by atoms with Crippen molar-refractivity contribution >= 4 is 17.6 Å². The van der Waals surface area contributed by atoms with E-state index in [9.17, 15) is 9.59 Å². The van der Waals surface area contributed by atoms with Gasteiger partial charge in [-0.25, -0.2) is 9.48 Å². The molecule has 1 saturated heterocycles. The Balaban J connectivity index is 1.62. The third kappa shape index (κ3) is 4.82. The summed E-state index contributed by atoms with van der Waals surface area (Å²) in [4.78, 5) is 23.6. The third-order valence-corrected chi connectivity index (χ3v) is 4.46. The molecule has 0 bridgehead atoms. The highest BCUT2D eigenvalue weighted by Gasteiger charge is 2.19. The van der Waals surface area contributed by atoms with Gasteiger partial charge in [-0.3, -0.25) is 4.79 Å². The van der Waals surface area contributed by atoms with E-state index in [0.29, 0.717) is 11.4 Å². The van der Waals surface area contributed by atoms with Crippen molar-refractivity contribution in [2.45, 2.75) is 25.8 Å². The van der Waals surface area contributed by atoms with E-state index < -0.39 is 5.97 Å². The summed E-state index contributed by atoms with van der Waals surface area (Å²) in [5.74, 6) is -0.254. The molecule has 1 aromatic heterocycles. The summed E-state index contributed by atoms with van der Waals surface area (Å²) >= 11 is 0. The van der Waals surface area contributed by atoms with E-state index in [2.05, 4.69) is 25.7 Å².